The minimum atomic E-state index is -1.25. The van der Waals surface area contributed by atoms with Gasteiger partial charge in [0, 0.05) is 26.6 Å². The Labute approximate surface area is 330 Å². The van der Waals surface area contributed by atoms with Crippen LogP contribution in [0.4, 0.5) is 4.79 Å². The van der Waals surface area contributed by atoms with Crippen LogP contribution in [0.25, 0.3) is 0 Å². The predicted octanol–water partition coefficient (Wildman–Crippen LogP) is 3.08. The van der Waals surface area contributed by atoms with Gasteiger partial charge in [0.2, 0.25) is 29.4 Å². The van der Waals surface area contributed by atoms with Crippen LogP contribution in [-0.4, -0.2) is 114 Å². The van der Waals surface area contributed by atoms with Gasteiger partial charge in [-0.25, -0.2) is 4.79 Å². The maximum atomic E-state index is 14.4. The second-order valence-corrected chi connectivity index (χ2v) is 16.7. The molecule has 0 spiro atoms. The third-order valence-electron chi connectivity index (χ3n) is 10.1. The van der Waals surface area contributed by atoms with Gasteiger partial charge in [-0.05, 0) is 85.1 Å². The van der Waals surface area contributed by atoms with E-state index in [4.69, 9.17) is 9.47 Å². The smallest absolute Gasteiger partial charge is 0.408 e. The number of hydrogen-bond donors (Lipinski definition) is 4. The number of allylic oxidation sites excluding steroid dienone is 2. The zero-order valence-electron chi connectivity index (χ0n) is 33.9. The van der Waals surface area contributed by atoms with Crippen LogP contribution in [0, 0.1) is 5.92 Å². The van der Waals surface area contributed by atoms with Gasteiger partial charge in [-0.3, -0.25) is 28.8 Å². The fourth-order valence-electron chi connectivity index (χ4n) is 7.53. The fraction of sp³-hybridized carbons (Fsp3) is 0.634. The zero-order valence-corrected chi connectivity index (χ0v) is 33.9. The molecule has 2 fully saturated rings. The lowest BCUT2D eigenvalue weighted by atomic mass is 9.89. The molecule has 3 heterocycles. The Bertz CT molecular complexity index is 1620. The maximum absolute atomic E-state index is 14.4. The largest absolute Gasteiger partial charge is 0.444 e. The summed E-state index contributed by atoms with van der Waals surface area (Å²) in [5.41, 5.74) is -0.814. The first-order valence-corrected chi connectivity index (χ1v) is 19.7. The van der Waals surface area contributed by atoms with Crippen LogP contribution in [-0.2, 0) is 38.2 Å². The molecule has 15 heteroatoms. The van der Waals surface area contributed by atoms with Gasteiger partial charge >= 0.3 is 6.09 Å². The van der Waals surface area contributed by atoms with Gasteiger partial charge in [0.1, 0.15) is 23.7 Å². The molecular formula is C41H60N6O9. The molecule has 2 saturated heterocycles. The SMILES string of the molecule is CN(C)C(=O)[C@@H](NC(=O)CNC(=O)C(=O)[C@@H]1CCCC/C=C/CCCC[C@H](NC(=O)OC(C)(C)C)C(=O)N2C[C@@H]3OC(C)(C)C[C@@H]3[C@H]2C(=O)N1)c1ccccc1. The van der Waals surface area contributed by atoms with Crippen molar-refractivity contribution in [2.24, 2.45) is 5.92 Å². The highest BCUT2D eigenvalue weighted by Crippen LogP contribution is 2.43. The van der Waals surface area contributed by atoms with Gasteiger partial charge in [0.25, 0.3) is 5.91 Å². The number of Topliss-reactive ketones (excluding diaryl/α,β-unsaturated/α-hetero) is 1. The molecule has 308 valence electrons. The van der Waals surface area contributed by atoms with E-state index in [1.165, 1.54) is 9.80 Å². The van der Waals surface area contributed by atoms with Gasteiger partial charge in [-0.15, -0.1) is 0 Å². The van der Waals surface area contributed by atoms with E-state index < -0.39 is 89.4 Å². The average molecular weight is 781 g/mol. The number of fused-ring (bicyclic) bond motifs is 3. The molecule has 4 N–H and O–H groups in total. The van der Waals surface area contributed by atoms with E-state index in [1.54, 1.807) is 65.2 Å². The first kappa shape index (κ1) is 43.9. The van der Waals surface area contributed by atoms with E-state index in [2.05, 4.69) is 27.3 Å². The third kappa shape index (κ3) is 12.4. The Hall–Kier alpha value is -4.79. The number of ether oxygens (including phenoxy) is 2. The highest BCUT2D eigenvalue weighted by Gasteiger charge is 2.56. The molecule has 3 aliphatic rings. The average Bonchev–Trinajstić information content (AvgIpc) is 3.62. The quantitative estimate of drug-likeness (QED) is 0.227. The summed E-state index contributed by atoms with van der Waals surface area (Å²) in [7, 11) is 3.12. The van der Waals surface area contributed by atoms with Crippen LogP contribution < -0.4 is 21.3 Å². The lowest BCUT2D eigenvalue weighted by Gasteiger charge is -2.33. The molecule has 56 heavy (non-hydrogen) atoms. The lowest BCUT2D eigenvalue weighted by molar-refractivity contribution is -0.144. The molecule has 0 saturated carbocycles. The van der Waals surface area contributed by atoms with Crippen molar-refractivity contribution in [2.45, 2.75) is 134 Å². The normalized spacial score (nSPS) is 25.6. The van der Waals surface area contributed by atoms with E-state index in [9.17, 15) is 33.6 Å². The van der Waals surface area contributed by atoms with Crippen molar-refractivity contribution in [3.8, 4) is 0 Å². The molecule has 6 atom stereocenters. The minimum absolute atomic E-state index is 0.106. The topological polar surface area (TPSA) is 193 Å². The number of carbonyl (C=O) groups excluding carboxylic acids is 7. The predicted molar refractivity (Wildman–Crippen MR) is 208 cm³/mol. The van der Waals surface area contributed by atoms with Gasteiger partial charge in [-0.1, -0.05) is 55.3 Å². The molecule has 6 amide bonds. The van der Waals surface area contributed by atoms with Crippen molar-refractivity contribution in [1.29, 1.82) is 0 Å². The van der Waals surface area contributed by atoms with Crippen molar-refractivity contribution in [3.63, 3.8) is 0 Å². The summed E-state index contributed by atoms with van der Waals surface area (Å²) in [6.07, 6.45) is 7.96. The number of amides is 6. The van der Waals surface area contributed by atoms with Gasteiger partial charge in [0.15, 0.2) is 0 Å². The van der Waals surface area contributed by atoms with Crippen LogP contribution in [0.15, 0.2) is 42.5 Å². The molecule has 1 aromatic rings. The van der Waals surface area contributed by atoms with Crippen molar-refractivity contribution < 1.29 is 43.0 Å². The van der Waals surface area contributed by atoms with Crippen LogP contribution >= 0.6 is 0 Å². The van der Waals surface area contributed by atoms with E-state index >= 15 is 0 Å². The Morgan fingerprint density at radius 3 is 2.25 bits per heavy atom. The molecule has 0 aromatic heterocycles. The number of benzene rings is 1. The number of ketones is 1. The summed E-state index contributed by atoms with van der Waals surface area (Å²) < 4.78 is 11.8. The standard InChI is InChI=1S/C41H60N6O9/c1-40(2,3)56-39(54)44-29-22-18-13-11-9-8-10-12-17-21-28(43-35(50)33-27-23-41(4,5)55-30(27)25-47(33)37(29)52)34(49)36(51)42-24-31(48)45-32(38(53)46(6)7)26-19-15-14-16-20-26/h8-9,14-16,19-20,27-30,32-33H,10-13,17-18,21-25H2,1-7H3,(H,42,51)(H,43,50)(H,44,54)(H,45,48)/b9-8+/t27-,28-,29-,30-,32-,33-/m0/s1. The van der Waals surface area contributed by atoms with Crippen molar-refractivity contribution in [2.75, 3.05) is 27.2 Å². The number of carbonyl (C=O) groups is 7. The summed E-state index contributed by atoms with van der Waals surface area (Å²) in [5, 5.41) is 10.5. The van der Waals surface area contributed by atoms with Gasteiger partial charge in [0.05, 0.1) is 24.3 Å². The molecule has 4 rings (SSSR count). The second kappa shape index (κ2) is 19.4. The number of nitrogens with zero attached hydrogens (tertiary/aromatic N) is 2. The molecule has 0 aliphatic carbocycles. The molecular weight excluding hydrogens is 720 g/mol. The Kier molecular flexibility index (Phi) is 15.2. The molecule has 0 radical (unpaired) electrons. The Balaban J connectivity index is 1.54. The van der Waals surface area contributed by atoms with E-state index in [-0.39, 0.29) is 18.9 Å². The molecule has 3 aliphatic heterocycles. The molecule has 0 bridgehead atoms. The number of alkyl carbamates (subject to hydrolysis) is 1. The molecule has 1 aromatic carbocycles. The Morgan fingerprint density at radius 1 is 0.982 bits per heavy atom. The molecule has 15 nitrogen and oxygen atoms in total. The summed E-state index contributed by atoms with van der Waals surface area (Å²) in [6, 6.07) is 4.37. The maximum Gasteiger partial charge on any atom is 0.408 e. The van der Waals surface area contributed by atoms with Crippen LogP contribution in [0.2, 0.25) is 0 Å². The summed E-state index contributed by atoms with van der Waals surface area (Å²) in [5.74, 6) is -4.55. The van der Waals surface area contributed by atoms with Gasteiger partial charge in [-0.2, -0.15) is 0 Å². The van der Waals surface area contributed by atoms with Gasteiger partial charge < -0.3 is 40.5 Å². The lowest BCUT2D eigenvalue weighted by Crippen LogP contribution is -2.58. The number of likely N-dealkylation sites (N-methyl/N-ethyl adjacent to an activating group) is 1. The first-order valence-electron chi connectivity index (χ1n) is 19.7. The van der Waals surface area contributed by atoms with E-state index in [1.807, 2.05) is 19.9 Å². The monoisotopic (exact) mass is 780 g/mol. The minimum Gasteiger partial charge on any atom is -0.444 e. The first-order chi connectivity index (χ1) is 26.4. The number of nitrogens with one attached hydrogen (secondary N) is 4. The van der Waals surface area contributed by atoms with Crippen molar-refractivity contribution in [1.82, 2.24) is 31.1 Å². The fourth-order valence-corrected chi connectivity index (χ4v) is 7.53. The van der Waals surface area contributed by atoms with E-state index in [0.29, 0.717) is 37.7 Å². The van der Waals surface area contributed by atoms with Crippen LogP contribution in [0.1, 0.15) is 104 Å². The zero-order chi connectivity index (χ0) is 41.2. The summed E-state index contributed by atoms with van der Waals surface area (Å²) >= 11 is 0. The highest BCUT2D eigenvalue weighted by molar-refractivity contribution is 6.38. The van der Waals surface area contributed by atoms with Crippen molar-refractivity contribution in [3.05, 3.63) is 48.0 Å². The third-order valence-corrected chi connectivity index (χ3v) is 10.1. The summed E-state index contributed by atoms with van der Waals surface area (Å²) in [6.45, 7) is 8.53. The van der Waals surface area contributed by atoms with Crippen LogP contribution in [0.3, 0.4) is 0 Å². The van der Waals surface area contributed by atoms with Crippen LogP contribution in [0.5, 0.6) is 0 Å². The number of hydrogen-bond acceptors (Lipinski definition) is 9. The summed E-state index contributed by atoms with van der Waals surface area (Å²) in [4.78, 5) is 97.4. The number of rotatable bonds is 8. The highest BCUT2D eigenvalue weighted by atomic mass is 16.6. The Morgan fingerprint density at radius 2 is 1.62 bits per heavy atom. The van der Waals surface area contributed by atoms with Crippen molar-refractivity contribution >= 4 is 41.4 Å². The second-order valence-electron chi connectivity index (χ2n) is 16.7. The molecule has 0 unspecified atom stereocenters. The van der Waals surface area contributed by atoms with E-state index in [0.717, 1.165) is 19.3 Å².